The van der Waals surface area contributed by atoms with E-state index in [1.54, 1.807) is 0 Å². The van der Waals surface area contributed by atoms with Crippen molar-refractivity contribution in [2.45, 2.75) is 101 Å². The Hall–Kier alpha value is -0.920. The van der Waals surface area contributed by atoms with Gasteiger partial charge in [0, 0.05) is 12.6 Å². The molecule has 0 aromatic carbocycles. The molecule has 0 unspecified atom stereocenters. The van der Waals surface area contributed by atoms with Gasteiger partial charge in [-0.15, -0.1) is 0 Å². The molecule has 0 aliphatic heterocycles. The van der Waals surface area contributed by atoms with Gasteiger partial charge in [0.15, 0.2) is 0 Å². The average molecular weight is 297 g/mol. The van der Waals surface area contributed by atoms with E-state index in [4.69, 9.17) is 0 Å². The highest BCUT2D eigenvalue weighted by Crippen LogP contribution is 2.28. The minimum Gasteiger partial charge on any atom is -0.241 e. The third kappa shape index (κ3) is 9.60. The second-order valence-corrected chi connectivity index (χ2v) is 5.34. The van der Waals surface area contributed by atoms with Crippen LogP contribution < -0.4 is 0 Å². The van der Waals surface area contributed by atoms with Crippen LogP contribution in [0, 0.1) is 0 Å². The Kier molecular flexibility index (Phi) is 16.7. The molecule has 1 aromatic rings. The molecular weight excluding hydrogens is 256 g/mol. The van der Waals surface area contributed by atoms with Gasteiger partial charge in [0.25, 0.3) is 0 Å². The molecule has 0 saturated carbocycles. The van der Waals surface area contributed by atoms with Crippen LogP contribution in [0.3, 0.4) is 0 Å². The number of hydrogen-bond donors (Lipinski definition) is 0. The molecule has 2 heteroatoms. The first-order valence-electron chi connectivity index (χ1n) is 8.72. The zero-order valence-electron chi connectivity index (χ0n) is 16.8. The van der Waals surface area contributed by atoms with E-state index in [-0.39, 0.29) is 5.41 Å². The predicted octanol–water partition coefficient (Wildman–Crippen LogP) is 6.54. The SMILES string of the molecule is CC.CC.CC.CCc1ncc(C(C)(C)C)c(C(C)C)n1. The van der Waals surface area contributed by atoms with Crippen LogP contribution in [0.1, 0.15) is 106 Å². The largest absolute Gasteiger partial charge is 0.241 e. The lowest BCUT2D eigenvalue weighted by Gasteiger charge is -2.23. The molecule has 0 bridgehead atoms. The lowest BCUT2D eigenvalue weighted by molar-refractivity contribution is 0.563. The minimum atomic E-state index is 0.131. The number of nitrogens with zero attached hydrogens (tertiary/aromatic N) is 2. The minimum absolute atomic E-state index is 0.131. The highest BCUT2D eigenvalue weighted by atomic mass is 14.9. The van der Waals surface area contributed by atoms with Gasteiger partial charge in [-0.25, -0.2) is 9.97 Å². The van der Waals surface area contributed by atoms with E-state index in [0.717, 1.165) is 12.2 Å². The first-order chi connectivity index (χ1) is 9.86. The van der Waals surface area contributed by atoms with E-state index in [9.17, 15) is 0 Å². The summed E-state index contributed by atoms with van der Waals surface area (Å²) >= 11 is 0. The van der Waals surface area contributed by atoms with Gasteiger partial charge >= 0.3 is 0 Å². The van der Waals surface area contributed by atoms with Gasteiger partial charge in [0.2, 0.25) is 0 Å². The van der Waals surface area contributed by atoms with Crippen molar-refractivity contribution in [1.29, 1.82) is 0 Å². The first kappa shape index (κ1) is 25.1. The molecule has 0 saturated heterocycles. The van der Waals surface area contributed by atoms with Crippen molar-refractivity contribution in [3.05, 3.63) is 23.3 Å². The summed E-state index contributed by atoms with van der Waals surface area (Å²) in [6.07, 6.45) is 2.91. The van der Waals surface area contributed by atoms with Crippen LogP contribution in [0.25, 0.3) is 0 Å². The van der Waals surface area contributed by atoms with Crippen molar-refractivity contribution in [3.8, 4) is 0 Å². The molecule has 0 atom stereocenters. The zero-order valence-corrected chi connectivity index (χ0v) is 16.8. The average Bonchev–Trinajstić information content (AvgIpc) is 2.51. The van der Waals surface area contributed by atoms with Gasteiger partial charge in [-0.3, -0.25) is 0 Å². The normalized spacial score (nSPS) is 9.57. The van der Waals surface area contributed by atoms with Crippen LogP contribution in [0.5, 0.6) is 0 Å². The van der Waals surface area contributed by atoms with Crippen LogP contribution in [0.2, 0.25) is 0 Å². The van der Waals surface area contributed by atoms with E-state index in [2.05, 4.69) is 51.5 Å². The van der Waals surface area contributed by atoms with Crippen LogP contribution in [-0.4, -0.2) is 9.97 Å². The molecule has 0 amide bonds. The van der Waals surface area contributed by atoms with Gasteiger partial charge < -0.3 is 0 Å². The van der Waals surface area contributed by atoms with E-state index < -0.39 is 0 Å². The maximum atomic E-state index is 4.65. The number of hydrogen-bond acceptors (Lipinski definition) is 2. The van der Waals surface area contributed by atoms with E-state index in [1.807, 2.05) is 47.7 Å². The maximum Gasteiger partial charge on any atom is 0.128 e. The molecule has 21 heavy (non-hydrogen) atoms. The zero-order chi connectivity index (χ0) is 17.6. The molecule has 0 fully saturated rings. The number of aryl methyl sites for hydroxylation is 1. The Morgan fingerprint density at radius 3 is 1.67 bits per heavy atom. The summed E-state index contributed by atoms with van der Waals surface area (Å²) in [5, 5.41) is 0. The molecule has 0 spiro atoms. The Bertz CT molecular complexity index is 336. The van der Waals surface area contributed by atoms with E-state index >= 15 is 0 Å². The fourth-order valence-corrected chi connectivity index (χ4v) is 1.62. The lowest BCUT2D eigenvalue weighted by atomic mass is 9.84. The fourth-order valence-electron chi connectivity index (χ4n) is 1.62. The highest BCUT2D eigenvalue weighted by molar-refractivity contribution is 5.27. The van der Waals surface area contributed by atoms with Gasteiger partial charge in [0.1, 0.15) is 5.82 Å². The van der Waals surface area contributed by atoms with Gasteiger partial charge in [-0.05, 0) is 16.9 Å². The van der Waals surface area contributed by atoms with Crippen molar-refractivity contribution < 1.29 is 0 Å². The molecule has 1 rings (SSSR count). The van der Waals surface area contributed by atoms with Crippen LogP contribution in [0.4, 0.5) is 0 Å². The first-order valence-corrected chi connectivity index (χ1v) is 8.72. The number of aromatic nitrogens is 2. The molecule has 2 nitrogen and oxygen atoms in total. The topological polar surface area (TPSA) is 25.8 Å². The second kappa shape index (κ2) is 14.0. The Balaban J connectivity index is -0.000000478. The van der Waals surface area contributed by atoms with Crippen molar-refractivity contribution in [3.63, 3.8) is 0 Å². The Morgan fingerprint density at radius 1 is 0.952 bits per heavy atom. The van der Waals surface area contributed by atoms with Crippen molar-refractivity contribution >= 4 is 0 Å². The van der Waals surface area contributed by atoms with Crippen LogP contribution in [-0.2, 0) is 11.8 Å². The molecular formula is C19H40N2. The molecule has 0 aliphatic rings. The molecule has 0 aliphatic carbocycles. The van der Waals surface area contributed by atoms with Crippen LogP contribution in [0.15, 0.2) is 6.20 Å². The molecule has 126 valence electrons. The van der Waals surface area contributed by atoms with Crippen molar-refractivity contribution in [2.24, 2.45) is 0 Å². The second-order valence-electron chi connectivity index (χ2n) is 5.34. The summed E-state index contributed by atoms with van der Waals surface area (Å²) < 4.78 is 0. The summed E-state index contributed by atoms with van der Waals surface area (Å²) in [6, 6.07) is 0. The smallest absolute Gasteiger partial charge is 0.128 e. The summed E-state index contributed by atoms with van der Waals surface area (Å²) in [6.45, 7) is 25.1. The summed E-state index contributed by atoms with van der Waals surface area (Å²) in [5.74, 6) is 1.42. The third-order valence-corrected chi connectivity index (χ3v) is 2.54. The third-order valence-electron chi connectivity index (χ3n) is 2.54. The summed E-state index contributed by atoms with van der Waals surface area (Å²) in [7, 11) is 0. The monoisotopic (exact) mass is 296 g/mol. The molecule has 0 radical (unpaired) electrons. The van der Waals surface area contributed by atoms with Crippen molar-refractivity contribution in [1.82, 2.24) is 9.97 Å². The Labute approximate surface area is 134 Å². The standard InChI is InChI=1S/C13H22N2.3C2H6/c1-7-11-14-8-10(13(4,5)6)12(15-11)9(2)3;3*1-2/h8-9H,7H2,1-6H3;3*1-2H3. The molecule has 0 N–H and O–H groups in total. The van der Waals surface area contributed by atoms with Crippen molar-refractivity contribution in [2.75, 3.05) is 0 Å². The molecule has 1 aromatic heterocycles. The molecule has 1 heterocycles. The van der Waals surface area contributed by atoms with Gasteiger partial charge in [0.05, 0.1) is 5.69 Å². The summed E-state index contributed by atoms with van der Waals surface area (Å²) in [4.78, 5) is 9.04. The lowest BCUT2D eigenvalue weighted by Crippen LogP contribution is -2.18. The Morgan fingerprint density at radius 2 is 1.38 bits per heavy atom. The summed E-state index contributed by atoms with van der Waals surface area (Å²) in [5.41, 5.74) is 2.61. The van der Waals surface area contributed by atoms with Crippen LogP contribution >= 0.6 is 0 Å². The van der Waals surface area contributed by atoms with E-state index in [1.165, 1.54) is 11.3 Å². The predicted molar refractivity (Wildman–Crippen MR) is 98.2 cm³/mol. The quantitative estimate of drug-likeness (QED) is 0.619. The highest BCUT2D eigenvalue weighted by Gasteiger charge is 2.21. The van der Waals surface area contributed by atoms with Gasteiger partial charge in [-0.1, -0.05) is 83.1 Å². The number of rotatable bonds is 2. The van der Waals surface area contributed by atoms with Gasteiger partial charge in [-0.2, -0.15) is 0 Å². The fraction of sp³-hybridized carbons (Fsp3) is 0.789. The van der Waals surface area contributed by atoms with E-state index in [0.29, 0.717) is 5.92 Å². The maximum absolute atomic E-state index is 4.65.